The van der Waals surface area contributed by atoms with E-state index in [0.29, 0.717) is 0 Å². The molecule has 0 heterocycles. The van der Waals surface area contributed by atoms with E-state index in [4.69, 9.17) is 4.74 Å². The zero-order valence-electron chi connectivity index (χ0n) is 12.6. The summed E-state index contributed by atoms with van der Waals surface area (Å²) in [4.78, 5) is 0. The summed E-state index contributed by atoms with van der Waals surface area (Å²) < 4.78 is 28.7. The van der Waals surface area contributed by atoms with Crippen molar-refractivity contribution in [3.05, 3.63) is 29.3 Å². The Kier molecular flexibility index (Phi) is 7.02. The lowest BCUT2D eigenvalue weighted by molar-refractivity contribution is 0.334. The van der Waals surface area contributed by atoms with Gasteiger partial charge in [0, 0.05) is 17.9 Å². The fourth-order valence-electron chi connectivity index (χ4n) is 1.87. The van der Waals surface area contributed by atoms with Crippen molar-refractivity contribution < 1.29 is 13.2 Å². The van der Waals surface area contributed by atoms with E-state index >= 15 is 0 Å². The first-order valence-corrected chi connectivity index (χ1v) is 8.94. The molecule has 114 valence electrons. The van der Waals surface area contributed by atoms with Gasteiger partial charge in [0.1, 0.15) is 12.4 Å². The third kappa shape index (κ3) is 5.51. The zero-order valence-corrected chi connectivity index (χ0v) is 13.4. The first-order valence-electron chi connectivity index (χ1n) is 7.12. The Morgan fingerprint density at radius 3 is 2.65 bits per heavy atom. The SMILES string of the molecule is CCCNCc1cccc(C)c1OCCS(=O)(=O)CC. The van der Waals surface area contributed by atoms with Gasteiger partial charge in [0.05, 0.1) is 5.75 Å². The second-order valence-corrected chi connectivity index (χ2v) is 7.30. The number of ether oxygens (including phenoxy) is 1. The van der Waals surface area contributed by atoms with Gasteiger partial charge in [0.15, 0.2) is 9.84 Å². The quantitative estimate of drug-likeness (QED) is 0.711. The molecule has 0 bridgehead atoms. The summed E-state index contributed by atoms with van der Waals surface area (Å²) in [6.45, 7) is 7.66. The number of aryl methyl sites for hydroxylation is 1. The summed E-state index contributed by atoms with van der Waals surface area (Å²) in [5, 5.41) is 3.34. The van der Waals surface area contributed by atoms with Gasteiger partial charge in [-0.1, -0.05) is 32.0 Å². The van der Waals surface area contributed by atoms with Crippen molar-refractivity contribution in [2.75, 3.05) is 24.7 Å². The van der Waals surface area contributed by atoms with Crippen LogP contribution >= 0.6 is 0 Å². The fourth-order valence-corrected chi connectivity index (χ4v) is 2.50. The Balaban J connectivity index is 2.67. The van der Waals surface area contributed by atoms with Gasteiger partial charge in [-0.05, 0) is 25.5 Å². The molecule has 0 aliphatic carbocycles. The molecule has 0 amide bonds. The minimum Gasteiger partial charge on any atom is -0.492 e. The second kappa shape index (κ2) is 8.27. The third-order valence-corrected chi connectivity index (χ3v) is 4.78. The molecule has 1 aromatic rings. The third-order valence-electron chi connectivity index (χ3n) is 3.12. The van der Waals surface area contributed by atoms with Crippen LogP contribution < -0.4 is 10.1 Å². The van der Waals surface area contributed by atoms with Gasteiger partial charge in [-0.2, -0.15) is 0 Å². The monoisotopic (exact) mass is 299 g/mol. The number of sulfone groups is 1. The van der Waals surface area contributed by atoms with Gasteiger partial charge in [-0.15, -0.1) is 0 Å². The van der Waals surface area contributed by atoms with E-state index in [1.165, 1.54) is 0 Å². The van der Waals surface area contributed by atoms with Gasteiger partial charge in [0.25, 0.3) is 0 Å². The van der Waals surface area contributed by atoms with Crippen LogP contribution in [-0.4, -0.2) is 33.1 Å². The van der Waals surface area contributed by atoms with E-state index in [-0.39, 0.29) is 18.1 Å². The van der Waals surface area contributed by atoms with Crippen LogP contribution in [0.4, 0.5) is 0 Å². The maximum Gasteiger partial charge on any atom is 0.153 e. The molecule has 0 aromatic heterocycles. The average molecular weight is 299 g/mol. The maximum atomic E-state index is 11.5. The molecule has 0 spiro atoms. The predicted octanol–water partition coefficient (Wildman–Crippen LogP) is 2.31. The number of rotatable bonds is 9. The Hall–Kier alpha value is -1.07. The molecule has 0 radical (unpaired) electrons. The summed E-state index contributed by atoms with van der Waals surface area (Å²) in [7, 11) is -2.98. The predicted molar refractivity (Wildman–Crippen MR) is 83.0 cm³/mol. The minimum absolute atomic E-state index is 0.0691. The van der Waals surface area contributed by atoms with Crippen LogP contribution in [0.5, 0.6) is 5.75 Å². The van der Waals surface area contributed by atoms with Crippen molar-refractivity contribution in [3.63, 3.8) is 0 Å². The first kappa shape index (κ1) is 17.0. The molecule has 4 nitrogen and oxygen atoms in total. The molecule has 5 heteroatoms. The Morgan fingerprint density at radius 1 is 1.25 bits per heavy atom. The first-order chi connectivity index (χ1) is 9.50. The van der Waals surface area contributed by atoms with Crippen LogP contribution in [0.1, 0.15) is 31.4 Å². The van der Waals surface area contributed by atoms with Crippen LogP contribution in [0, 0.1) is 6.92 Å². The molecule has 0 aliphatic heterocycles. The highest BCUT2D eigenvalue weighted by Crippen LogP contribution is 2.23. The van der Waals surface area contributed by atoms with Crippen LogP contribution in [0.25, 0.3) is 0 Å². The van der Waals surface area contributed by atoms with Gasteiger partial charge < -0.3 is 10.1 Å². The number of hydrogen-bond donors (Lipinski definition) is 1. The molecule has 0 unspecified atom stereocenters. The van der Waals surface area contributed by atoms with E-state index in [2.05, 4.69) is 12.2 Å². The number of para-hydroxylation sites is 1. The Morgan fingerprint density at radius 2 is 2.00 bits per heavy atom. The largest absolute Gasteiger partial charge is 0.492 e. The molecular formula is C15H25NO3S. The van der Waals surface area contributed by atoms with E-state index in [9.17, 15) is 8.42 Å². The average Bonchev–Trinajstić information content (AvgIpc) is 2.42. The smallest absolute Gasteiger partial charge is 0.153 e. The van der Waals surface area contributed by atoms with Crippen molar-refractivity contribution in [2.45, 2.75) is 33.7 Å². The molecule has 20 heavy (non-hydrogen) atoms. The molecule has 0 saturated heterocycles. The van der Waals surface area contributed by atoms with Gasteiger partial charge >= 0.3 is 0 Å². The van der Waals surface area contributed by atoms with Gasteiger partial charge in [-0.25, -0.2) is 8.42 Å². The van der Waals surface area contributed by atoms with Crippen LogP contribution in [0.3, 0.4) is 0 Å². The summed E-state index contributed by atoms with van der Waals surface area (Å²) >= 11 is 0. The molecule has 0 aliphatic rings. The Labute approximate surface area is 122 Å². The topological polar surface area (TPSA) is 55.4 Å². The highest BCUT2D eigenvalue weighted by atomic mass is 32.2. The fraction of sp³-hybridized carbons (Fsp3) is 0.600. The molecule has 1 N–H and O–H groups in total. The van der Waals surface area contributed by atoms with Crippen molar-refractivity contribution in [1.29, 1.82) is 0 Å². The molecule has 0 atom stereocenters. The Bertz CT molecular complexity index is 512. The van der Waals surface area contributed by atoms with Crippen molar-refractivity contribution in [3.8, 4) is 5.75 Å². The number of nitrogens with one attached hydrogen (secondary N) is 1. The maximum absolute atomic E-state index is 11.5. The van der Waals surface area contributed by atoms with Crippen molar-refractivity contribution >= 4 is 9.84 Å². The summed E-state index contributed by atoms with van der Waals surface area (Å²) in [5.74, 6) is 1.04. The molecule has 0 fully saturated rings. The minimum atomic E-state index is -2.98. The highest BCUT2D eigenvalue weighted by molar-refractivity contribution is 7.91. The molecule has 1 aromatic carbocycles. The molecular weight excluding hydrogens is 274 g/mol. The number of hydrogen-bond acceptors (Lipinski definition) is 4. The van der Waals surface area contributed by atoms with E-state index < -0.39 is 9.84 Å². The molecule has 1 rings (SSSR count). The van der Waals surface area contributed by atoms with Crippen molar-refractivity contribution in [1.82, 2.24) is 5.32 Å². The second-order valence-electron chi connectivity index (χ2n) is 4.82. The van der Waals surface area contributed by atoms with Crippen molar-refractivity contribution in [2.24, 2.45) is 0 Å². The van der Waals surface area contributed by atoms with E-state index in [0.717, 1.165) is 36.4 Å². The normalized spacial score (nSPS) is 11.6. The van der Waals surface area contributed by atoms with Gasteiger partial charge in [0.2, 0.25) is 0 Å². The van der Waals surface area contributed by atoms with Gasteiger partial charge in [-0.3, -0.25) is 0 Å². The van der Waals surface area contributed by atoms with Crippen LogP contribution in [-0.2, 0) is 16.4 Å². The number of benzene rings is 1. The van der Waals surface area contributed by atoms with Crippen LogP contribution in [0.15, 0.2) is 18.2 Å². The molecule has 0 saturated carbocycles. The van der Waals surface area contributed by atoms with E-state index in [1.54, 1.807) is 6.92 Å². The highest BCUT2D eigenvalue weighted by Gasteiger charge is 2.10. The summed E-state index contributed by atoms with van der Waals surface area (Å²) in [6.07, 6.45) is 1.08. The van der Waals surface area contributed by atoms with E-state index in [1.807, 2.05) is 25.1 Å². The van der Waals surface area contributed by atoms with Crippen LogP contribution in [0.2, 0.25) is 0 Å². The lowest BCUT2D eigenvalue weighted by atomic mass is 10.1. The zero-order chi connectivity index (χ0) is 15.0. The summed E-state index contributed by atoms with van der Waals surface area (Å²) in [5.41, 5.74) is 2.11. The lowest BCUT2D eigenvalue weighted by Gasteiger charge is -2.14. The lowest BCUT2D eigenvalue weighted by Crippen LogP contribution is -2.18. The summed E-state index contributed by atoms with van der Waals surface area (Å²) in [6, 6.07) is 5.99. The standard InChI is InChI=1S/C15H25NO3S/c1-4-9-16-12-14-8-6-7-13(3)15(14)19-10-11-20(17,18)5-2/h6-8,16H,4-5,9-12H2,1-3H3.